The fourth-order valence-electron chi connectivity index (χ4n) is 2.87. The molecule has 0 amide bonds. The normalized spacial score (nSPS) is 10.9. The van der Waals surface area contributed by atoms with Gasteiger partial charge in [0.1, 0.15) is 5.65 Å². The Labute approximate surface area is 191 Å². The van der Waals surface area contributed by atoms with Crippen LogP contribution < -0.4 is 16.4 Å². The molecule has 4 rings (SSSR count). The molecule has 12 heteroatoms. The highest BCUT2D eigenvalue weighted by atomic mass is 35.5. The van der Waals surface area contributed by atoms with Gasteiger partial charge >= 0.3 is 5.97 Å². The van der Waals surface area contributed by atoms with Crippen LogP contribution in [-0.4, -0.2) is 45.5 Å². The Morgan fingerprint density at radius 3 is 2.81 bits per heavy atom. The molecule has 1 aromatic carbocycles. The van der Waals surface area contributed by atoms with Crippen molar-refractivity contribution in [3.63, 3.8) is 0 Å². The molecule has 0 aliphatic rings. The largest absolute Gasteiger partial charge is 0.465 e. The SMILES string of the molecule is COC(=O)c1sc(NCCNc2nc(-c3ccc(Cl)cc3Cl)cc3nccn23)nc1N. The number of imidazole rings is 1. The van der Waals surface area contributed by atoms with E-state index in [-0.39, 0.29) is 10.7 Å². The van der Waals surface area contributed by atoms with Crippen LogP contribution in [0.5, 0.6) is 0 Å². The van der Waals surface area contributed by atoms with E-state index in [2.05, 4.69) is 25.3 Å². The third-order valence-corrected chi connectivity index (χ3v) is 5.86. The lowest BCUT2D eigenvalue weighted by molar-refractivity contribution is 0.0607. The maximum atomic E-state index is 11.6. The molecule has 0 atom stereocenters. The summed E-state index contributed by atoms with van der Waals surface area (Å²) < 4.78 is 6.52. The molecule has 0 radical (unpaired) electrons. The summed E-state index contributed by atoms with van der Waals surface area (Å²) in [5.74, 6) is 0.235. The molecular formula is C19H17Cl2N7O2S. The minimum atomic E-state index is -0.509. The maximum Gasteiger partial charge on any atom is 0.351 e. The molecule has 0 aliphatic carbocycles. The smallest absolute Gasteiger partial charge is 0.351 e. The zero-order valence-electron chi connectivity index (χ0n) is 16.2. The van der Waals surface area contributed by atoms with Gasteiger partial charge < -0.3 is 21.1 Å². The zero-order chi connectivity index (χ0) is 22.0. The minimum absolute atomic E-state index is 0.140. The Hall–Kier alpha value is -3.08. The molecule has 0 aliphatic heterocycles. The molecular weight excluding hydrogens is 461 g/mol. The number of nitrogens with zero attached hydrogens (tertiary/aromatic N) is 4. The summed E-state index contributed by atoms with van der Waals surface area (Å²) >= 11 is 13.5. The zero-order valence-corrected chi connectivity index (χ0v) is 18.6. The number of halogens is 2. The fourth-order valence-corrected chi connectivity index (χ4v) is 4.21. The van der Waals surface area contributed by atoms with Crippen molar-refractivity contribution in [1.29, 1.82) is 0 Å². The van der Waals surface area contributed by atoms with Crippen LogP contribution in [0.3, 0.4) is 0 Å². The number of aromatic nitrogens is 4. The van der Waals surface area contributed by atoms with Gasteiger partial charge in [-0.3, -0.25) is 4.40 Å². The molecule has 3 aromatic heterocycles. The number of ether oxygens (including phenoxy) is 1. The predicted molar refractivity (Wildman–Crippen MR) is 123 cm³/mol. The number of thiazole rings is 1. The van der Waals surface area contributed by atoms with Gasteiger partial charge in [-0.15, -0.1) is 0 Å². The van der Waals surface area contributed by atoms with Gasteiger partial charge in [0.25, 0.3) is 0 Å². The van der Waals surface area contributed by atoms with Crippen molar-refractivity contribution in [1.82, 2.24) is 19.4 Å². The third-order valence-electron chi connectivity index (χ3n) is 4.31. The van der Waals surface area contributed by atoms with E-state index in [0.717, 1.165) is 22.5 Å². The van der Waals surface area contributed by atoms with Crippen LogP contribution in [0.1, 0.15) is 9.67 Å². The number of esters is 1. The highest BCUT2D eigenvalue weighted by Gasteiger charge is 2.16. The van der Waals surface area contributed by atoms with Gasteiger partial charge in [-0.25, -0.2) is 19.7 Å². The number of hydrogen-bond donors (Lipinski definition) is 3. The Balaban J connectivity index is 1.48. The number of fused-ring (bicyclic) bond motifs is 1. The van der Waals surface area contributed by atoms with E-state index < -0.39 is 5.97 Å². The molecule has 0 bridgehead atoms. The van der Waals surface area contributed by atoms with Gasteiger partial charge in [-0.05, 0) is 18.2 Å². The molecule has 3 heterocycles. The number of nitrogens with two attached hydrogens (primary N) is 1. The quantitative estimate of drug-likeness (QED) is 0.269. The number of benzene rings is 1. The van der Waals surface area contributed by atoms with Crippen molar-refractivity contribution < 1.29 is 9.53 Å². The van der Waals surface area contributed by atoms with E-state index >= 15 is 0 Å². The minimum Gasteiger partial charge on any atom is -0.465 e. The fraction of sp³-hybridized carbons (Fsp3) is 0.158. The van der Waals surface area contributed by atoms with E-state index in [4.69, 9.17) is 33.9 Å². The molecule has 0 fully saturated rings. The number of nitrogens with one attached hydrogen (secondary N) is 2. The molecule has 0 spiro atoms. The van der Waals surface area contributed by atoms with E-state index in [1.54, 1.807) is 18.3 Å². The highest BCUT2D eigenvalue weighted by Crippen LogP contribution is 2.30. The van der Waals surface area contributed by atoms with Crippen LogP contribution >= 0.6 is 34.5 Å². The molecule has 31 heavy (non-hydrogen) atoms. The Kier molecular flexibility index (Phi) is 6.12. The third kappa shape index (κ3) is 4.50. The molecule has 0 saturated heterocycles. The number of carbonyl (C=O) groups is 1. The summed E-state index contributed by atoms with van der Waals surface area (Å²) in [6, 6.07) is 7.11. The molecule has 9 nitrogen and oxygen atoms in total. The average Bonchev–Trinajstić information content (AvgIpc) is 3.36. The lowest BCUT2D eigenvalue weighted by atomic mass is 10.1. The van der Waals surface area contributed by atoms with Crippen molar-refractivity contribution in [3.8, 4) is 11.3 Å². The van der Waals surface area contributed by atoms with Crippen molar-refractivity contribution >= 4 is 63.1 Å². The maximum absolute atomic E-state index is 11.6. The van der Waals surface area contributed by atoms with Gasteiger partial charge in [0.2, 0.25) is 5.95 Å². The number of anilines is 3. The molecule has 0 unspecified atom stereocenters. The van der Waals surface area contributed by atoms with Gasteiger partial charge in [0, 0.05) is 42.1 Å². The number of carbonyl (C=O) groups excluding carboxylic acids is 1. The first kappa shape index (κ1) is 21.2. The highest BCUT2D eigenvalue weighted by molar-refractivity contribution is 7.17. The number of methoxy groups -OCH3 is 1. The second kappa shape index (κ2) is 8.96. The topological polar surface area (TPSA) is 119 Å². The monoisotopic (exact) mass is 477 g/mol. The van der Waals surface area contributed by atoms with Crippen molar-refractivity contribution in [2.75, 3.05) is 36.6 Å². The summed E-state index contributed by atoms with van der Waals surface area (Å²) in [5.41, 5.74) is 7.91. The summed E-state index contributed by atoms with van der Waals surface area (Å²) in [6.07, 6.45) is 3.51. The van der Waals surface area contributed by atoms with Crippen molar-refractivity contribution in [3.05, 3.63) is 51.6 Å². The van der Waals surface area contributed by atoms with E-state index in [1.807, 2.05) is 22.7 Å². The second-order valence-corrected chi connectivity index (χ2v) is 8.17. The van der Waals surface area contributed by atoms with E-state index in [0.29, 0.717) is 39.9 Å². The number of hydrogen-bond acceptors (Lipinski definition) is 9. The van der Waals surface area contributed by atoms with Crippen molar-refractivity contribution in [2.45, 2.75) is 0 Å². The van der Waals surface area contributed by atoms with Gasteiger partial charge in [-0.1, -0.05) is 34.5 Å². The van der Waals surface area contributed by atoms with Crippen LogP contribution in [0.2, 0.25) is 10.0 Å². The summed E-state index contributed by atoms with van der Waals surface area (Å²) in [6.45, 7) is 1.03. The molecule has 4 aromatic rings. The lowest BCUT2D eigenvalue weighted by Gasteiger charge is -2.11. The van der Waals surface area contributed by atoms with Crippen molar-refractivity contribution in [2.24, 2.45) is 0 Å². The Morgan fingerprint density at radius 2 is 2.03 bits per heavy atom. The summed E-state index contributed by atoms with van der Waals surface area (Å²) in [7, 11) is 1.30. The molecule has 4 N–H and O–H groups in total. The predicted octanol–water partition coefficient (Wildman–Crippen LogP) is 4.05. The first-order valence-corrected chi connectivity index (χ1v) is 10.7. The lowest BCUT2D eigenvalue weighted by Crippen LogP contribution is -2.16. The number of nitrogen functional groups attached to an aromatic ring is 1. The second-order valence-electron chi connectivity index (χ2n) is 6.32. The average molecular weight is 478 g/mol. The van der Waals surface area contributed by atoms with Crippen LogP contribution in [0.25, 0.3) is 16.9 Å². The number of rotatable bonds is 7. The van der Waals surface area contributed by atoms with Gasteiger partial charge in [0.15, 0.2) is 15.8 Å². The van der Waals surface area contributed by atoms with Gasteiger partial charge in [-0.2, -0.15) is 0 Å². The summed E-state index contributed by atoms with van der Waals surface area (Å²) in [5, 5.41) is 7.99. The first-order valence-electron chi connectivity index (χ1n) is 9.08. The molecule has 160 valence electrons. The van der Waals surface area contributed by atoms with Crippen LogP contribution in [-0.2, 0) is 4.74 Å². The van der Waals surface area contributed by atoms with E-state index in [9.17, 15) is 4.79 Å². The Bertz CT molecular complexity index is 1260. The summed E-state index contributed by atoms with van der Waals surface area (Å²) in [4.78, 5) is 25.1. The standard InChI is InChI=1S/C19H17Cl2N7O2S/c1-30-17(29)15-16(22)27-19(31-15)25-5-4-24-18-26-13(9-14-23-6-7-28(14)18)11-3-2-10(20)8-12(11)21/h2-3,6-9H,4-5,22H2,1H3,(H,24,26)(H,25,27). The van der Waals surface area contributed by atoms with Crippen LogP contribution in [0.4, 0.5) is 16.9 Å². The van der Waals surface area contributed by atoms with Crippen LogP contribution in [0, 0.1) is 0 Å². The van der Waals surface area contributed by atoms with Gasteiger partial charge in [0.05, 0.1) is 17.8 Å². The van der Waals surface area contributed by atoms with Crippen LogP contribution in [0.15, 0.2) is 36.7 Å². The van der Waals surface area contributed by atoms with E-state index in [1.165, 1.54) is 7.11 Å². The first-order chi connectivity index (χ1) is 15.0. The molecule has 0 saturated carbocycles. The Morgan fingerprint density at radius 1 is 1.23 bits per heavy atom.